The van der Waals surface area contributed by atoms with E-state index in [2.05, 4.69) is 71.4 Å². The molecule has 0 saturated carbocycles. The predicted octanol–water partition coefficient (Wildman–Crippen LogP) is 3.53. The smallest absolute Gasteiger partial charge is 0.145 e. The van der Waals surface area contributed by atoms with E-state index >= 15 is 0 Å². The Morgan fingerprint density at radius 2 is 2.05 bits per heavy atom. The average molecular weight is 292 g/mol. The topological polar surface area (TPSA) is 34.8 Å². The zero-order chi connectivity index (χ0) is 15.1. The lowest BCUT2D eigenvalue weighted by molar-refractivity contribution is 0.512. The Kier molecular flexibility index (Phi) is 3.12. The summed E-state index contributed by atoms with van der Waals surface area (Å²) < 4.78 is 4.31. The minimum absolute atomic E-state index is 0.383. The second-order valence-electron chi connectivity index (χ2n) is 5.89. The molecule has 3 aromatic rings. The number of hydrogen-bond donors (Lipinski definition) is 1. The first-order valence-electron chi connectivity index (χ1n) is 7.83. The normalized spacial score (nSPS) is 16.9. The van der Waals surface area contributed by atoms with Gasteiger partial charge in [-0.1, -0.05) is 24.6 Å². The van der Waals surface area contributed by atoms with Gasteiger partial charge in [0, 0.05) is 30.0 Å². The van der Waals surface area contributed by atoms with Crippen LogP contribution in [0.5, 0.6) is 0 Å². The van der Waals surface area contributed by atoms with Gasteiger partial charge in [0.2, 0.25) is 0 Å². The van der Waals surface area contributed by atoms with E-state index in [1.165, 1.54) is 16.8 Å². The van der Waals surface area contributed by atoms with E-state index in [0.29, 0.717) is 6.04 Å². The van der Waals surface area contributed by atoms with Gasteiger partial charge in [-0.25, -0.2) is 4.68 Å². The highest BCUT2D eigenvalue weighted by molar-refractivity contribution is 5.46. The number of hydrogen-bond acceptors (Lipinski definition) is 2. The van der Waals surface area contributed by atoms with Gasteiger partial charge < -0.3 is 9.88 Å². The summed E-state index contributed by atoms with van der Waals surface area (Å²) in [5.41, 5.74) is 4.89. The molecule has 2 aromatic heterocycles. The van der Waals surface area contributed by atoms with E-state index in [1.807, 2.05) is 10.9 Å². The Labute approximate surface area is 130 Å². The molecule has 112 valence electrons. The van der Waals surface area contributed by atoms with Crippen LogP contribution in [-0.4, -0.2) is 14.3 Å². The molecule has 0 radical (unpaired) electrons. The molecule has 1 unspecified atom stereocenters. The molecule has 4 nitrogen and oxygen atoms in total. The number of fused-ring (bicyclic) bond motifs is 3. The lowest BCUT2D eigenvalue weighted by Gasteiger charge is -2.16. The van der Waals surface area contributed by atoms with Crippen LogP contribution in [0.2, 0.25) is 0 Å². The molecular weight excluding hydrogens is 272 g/mol. The van der Waals surface area contributed by atoms with Crippen molar-refractivity contribution in [1.29, 1.82) is 0 Å². The van der Waals surface area contributed by atoms with Crippen molar-refractivity contribution in [3.63, 3.8) is 0 Å². The van der Waals surface area contributed by atoms with Crippen molar-refractivity contribution in [2.45, 2.75) is 32.9 Å². The Morgan fingerprint density at radius 1 is 1.23 bits per heavy atom. The Balaban J connectivity index is 1.91. The van der Waals surface area contributed by atoms with Gasteiger partial charge >= 0.3 is 0 Å². The predicted molar refractivity (Wildman–Crippen MR) is 87.5 cm³/mol. The molecular formula is C18H20N4. The van der Waals surface area contributed by atoms with Crippen LogP contribution in [0, 0.1) is 6.92 Å². The van der Waals surface area contributed by atoms with Gasteiger partial charge in [0.15, 0.2) is 0 Å². The SMILES string of the molecule is CCC1NCc2cnn(-c3ccc(C)cc3)c2-n2cccc21. The maximum absolute atomic E-state index is 4.62. The van der Waals surface area contributed by atoms with Crippen molar-refractivity contribution in [1.82, 2.24) is 19.7 Å². The molecule has 1 aliphatic rings. The lowest BCUT2D eigenvalue weighted by atomic mass is 10.1. The summed E-state index contributed by atoms with van der Waals surface area (Å²) in [5.74, 6) is 1.15. The molecule has 1 N–H and O–H groups in total. The number of benzene rings is 1. The average Bonchev–Trinajstić information content (AvgIpc) is 3.13. The number of nitrogens with one attached hydrogen (secondary N) is 1. The minimum Gasteiger partial charge on any atom is -0.304 e. The fourth-order valence-electron chi connectivity index (χ4n) is 3.19. The maximum Gasteiger partial charge on any atom is 0.145 e. The zero-order valence-electron chi connectivity index (χ0n) is 13.0. The first-order valence-corrected chi connectivity index (χ1v) is 7.83. The Bertz CT molecular complexity index is 795. The number of rotatable bonds is 2. The molecule has 0 amide bonds. The molecule has 3 heterocycles. The highest BCUT2D eigenvalue weighted by atomic mass is 15.3. The fraction of sp³-hybridized carbons (Fsp3) is 0.278. The van der Waals surface area contributed by atoms with Gasteiger partial charge in [-0.2, -0.15) is 5.10 Å². The number of nitrogens with zero attached hydrogens (tertiary/aromatic N) is 3. The molecule has 4 heteroatoms. The Hall–Kier alpha value is -2.33. The van der Waals surface area contributed by atoms with E-state index in [9.17, 15) is 0 Å². The molecule has 4 rings (SSSR count). The monoisotopic (exact) mass is 292 g/mol. The van der Waals surface area contributed by atoms with Gasteiger partial charge in [0.25, 0.3) is 0 Å². The minimum atomic E-state index is 0.383. The van der Waals surface area contributed by atoms with Crippen LogP contribution < -0.4 is 5.32 Å². The highest BCUT2D eigenvalue weighted by Crippen LogP contribution is 2.29. The summed E-state index contributed by atoms with van der Waals surface area (Å²) in [6, 6.07) is 13.2. The first kappa shape index (κ1) is 13.3. The summed E-state index contributed by atoms with van der Waals surface area (Å²) in [5, 5.41) is 8.25. The third kappa shape index (κ3) is 1.99. The van der Waals surface area contributed by atoms with Crippen LogP contribution >= 0.6 is 0 Å². The molecule has 1 atom stereocenters. The van der Waals surface area contributed by atoms with Crippen molar-refractivity contribution in [2.75, 3.05) is 0 Å². The summed E-state index contributed by atoms with van der Waals surface area (Å²) in [4.78, 5) is 0. The summed E-state index contributed by atoms with van der Waals surface area (Å²) >= 11 is 0. The van der Waals surface area contributed by atoms with E-state index in [4.69, 9.17) is 0 Å². The molecule has 0 aliphatic carbocycles. The molecule has 22 heavy (non-hydrogen) atoms. The quantitative estimate of drug-likeness (QED) is 0.784. The number of aromatic nitrogens is 3. The molecule has 1 aromatic carbocycles. The van der Waals surface area contributed by atoms with Gasteiger partial charge in [-0.3, -0.25) is 0 Å². The van der Waals surface area contributed by atoms with Crippen molar-refractivity contribution >= 4 is 0 Å². The lowest BCUT2D eigenvalue weighted by Crippen LogP contribution is -2.19. The van der Waals surface area contributed by atoms with Crippen LogP contribution in [0.3, 0.4) is 0 Å². The van der Waals surface area contributed by atoms with Crippen molar-refractivity contribution in [3.8, 4) is 11.5 Å². The summed E-state index contributed by atoms with van der Waals surface area (Å²) in [6.07, 6.45) is 5.19. The fourth-order valence-corrected chi connectivity index (χ4v) is 3.19. The van der Waals surface area contributed by atoms with Crippen LogP contribution in [-0.2, 0) is 6.54 Å². The molecule has 0 bridgehead atoms. The highest BCUT2D eigenvalue weighted by Gasteiger charge is 2.23. The molecule has 0 saturated heterocycles. The zero-order valence-corrected chi connectivity index (χ0v) is 13.0. The second-order valence-corrected chi connectivity index (χ2v) is 5.89. The number of aryl methyl sites for hydroxylation is 1. The van der Waals surface area contributed by atoms with E-state index in [1.54, 1.807) is 0 Å². The van der Waals surface area contributed by atoms with Crippen molar-refractivity contribution < 1.29 is 0 Å². The van der Waals surface area contributed by atoms with E-state index < -0.39 is 0 Å². The van der Waals surface area contributed by atoms with Crippen LogP contribution in [0.4, 0.5) is 0 Å². The standard InChI is InChI=1S/C18H20N4/c1-3-16-17-5-4-10-21(17)18-14(11-19-16)12-20-22(18)15-8-6-13(2)7-9-15/h4-10,12,16,19H,3,11H2,1-2H3. The third-order valence-electron chi connectivity index (χ3n) is 4.41. The van der Waals surface area contributed by atoms with Gasteiger partial charge in [-0.15, -0.1) is 0 Å². The summed E-state index contributed by atoms with van der Waals surface area (Å²) in [7, 11) is 0. The van der Waals surface area contributed by atoms with E-state index in [0.717, 1.165) is 24.5 Å². The van der Waals surface area contributed by atoms with Crippen molar-refractivity contribution in [3.05, 3.63) is 65.6 Å². The van der Waals surface area contributed by atoms with E-state index in [-0.39, 0.29) is 0 Å². The second kappa shape index (κ2) is 5.14. The molecule has 0 fully saturated rings. The first-order chi connectivity index (χ1) is 10.8. The van der Waals surface area contributed by atoms with Gasteiger partial charge in [0.05, 0.1) is 11.9 Å². The maximum atomic E-state index is 4.62. The molecule has 0 spiro atoms. The molecule has 1 aliphatic heterocycles. The van der Waals surface area contributed by atoms with Crippen LogP contribution in [0.25, 0.3) is 11.5 Å². The van der Waals surface area contributed by atoms with Crippen molar-refractivity contribution in [2.24, 2.45) is 0 Å². The summed E-state index contributed by atoms with van der Waals surface area (Å²) in [6.45, 7) is 5.17. The van der Waals surface area contributed by atoms with Crippen LogP contribution in [0.1, 0.15) is 36.2 Å². The van der Waals surface area contributed by atoms with Crippen LogP contribution in [0.15, 0.2) is 48.8 Å². The largest absolute Gasteiger partial charge is 0.304 e. The Morgan fingerprint density at radius 3 is 2.82 bits per heavy atom. The third-order valence-corrected chi connectivity index (χ3v) is 4.41. The van der Waals surface area contributed by atoms with Gasteiger partial charge in [0.1, 0.15) is 5.82 Å². The van der Waals surface area contributed by atoms with Gasteiger partial charge in [-0.05, 0) is 37.6 Å².